The molecule has 1 aromatic rings. The minimum atomic E-state index is -0.344. The molecule has 4 nitrogen and oxygen atoms in total. The number of nitrogen functional groups attached to an aromatic ring is 1. The fourth-order valence-corrected chi connectivity index (χ4v) is 1.50. The normalized spacial score (nSPS) is 12.3. The Kier molecular flexibility index (Phi) is 5.01. The van der Waals surface area contributed by atoms with E-state index >= 15 is 0 Å². The van der Waals surface area contributed by atoms with Crippen LogP contribution in [0.15, 0.2) is 18.2 Å². The molecule has 0 radical (unpaired) electrons. The van der Waals surface area contributed by atoms with Gasteiger partial charge in [0.15, 0.2) is 0 Å². The Morgan fingerprint density at radius 3 is 2.61 bits per heavy atom. The average Bonchev–Trinajstić information content (AvgIpc) is 2.31. The smallest absolute Gasteiger partial charge is 0.340 e. The molecule has 1 aromatic carbocycles. The van der Waals surface area contributed by atoms with E-state index in [1.807, 2.05) is 0 Å². The third-order valence-corrected chi connectivity index (χ3v) is 2.96. The van der Waals surface area contributed by atoms with Gasteiger partial charge in [0.25, 0.3) is 0 Å². The summed E-state index contributed by atoms with van der Waals surface area (Å²) in [4.78, 5) is 11.9. The average molecular weight is 250 g/mol. The first-order chi connectivity index (χ1) is 8.47. The SMILES string of the molecule is CCOC(=O)c1cccc(N)c1NC(C)C(C)C. The number of anilines is 2. The van der Waals surface area contributed by atoms with E-state index in [1.165, 1.54) is 0 Å². The summed E-state index contributed by atoms with van der Waals surface area (Å²) in [6, 6.07) is 5.48. The molecule has 0 spiro atoms. The summed E-state index contributed by atoms with van der Waals surface area (Å²) in [7, 11) is 0. The molecule has 0 amide bonds. The summed E-state index contributed by atoms with van der Waals surface area (Å²) in [6.07, 6.45) is 0. The largest absolute Gasteiger partial charge is 0.462 e. The number of nitrogens with one attached hydrogen (secondary N) is 1. The maximum absolute atomic E-state index is 11.9. The van der Waals surface area contributed by atoms with Gasteiger partial charge in [-0.05, 0) is 31.9 Å². The monoisotopic (exact) mass is 250 g/mol. The molecular formula is C14H22N2O2. The van der Waals surface area contributed by atoms with Gasteiger partial charge in [-0.1, -0.05) is 19.9 Å². The van der Waals surface area contributed by atoms with Crippen LogP contribution in [0.25, 0.3) is 0 Å². The van der Waals surface area contributed by atoms with Gasteiger partial charge in [0, 0.05) is 6.04 Å². The summed E-state index contributed by atoms with van der Waals surface area (Å²) in [5, 5.41) is 3.29. The number of hydrogen-bond donors (Lipinski definition) is 2. The molecule has 1 atom stereocenters. The van der Waals surface area contributed by atoms with Crippen LogP contribution in [0.1, 0.15) is 38.1 Å². The Morgan fingerprint density at radius 1 is 1.39 bits per heavy atom. The number of carbonyl (C=O) groups excluding carboxylic acids is 1. The molecule has 1 unspecified atom stereocenters. The van der Waals surface area contributed by atoms with Crippen LogP contribution in [-0.2, 0) is 4.74 Å². The lowest BCUT2D eigenvalue weighted by atomic mass is 10.0. The maximum Gasteiger partial charge on any atom is 0.340 e. The van der Waals surface area contributed by atoms with Crippen LogP contribution in [0.2, 0.25) is 0 Å². The molecule has 0 saturated carbocycles. The highest BCUT2D eigenvalue weighted by Crippen LogP contribution is 2.26. The predicted molar refractivity (Wildman–Crippen MR) is 74.7 cm³/mol. The van der Waals surface area contributed by atoms with Gasteiger partial charge >= 0.3 is 5.97 Å². The molecule has 0 fully saturated rings. The van der Waals surface area contributed by atoms with Gasteiger partial charge in [-0.15, -0.1) is 0 Å². The highest BCUT2D eigenvalue weighted by Gasteiger charge is 2.17. The number of nitrogens with two attached hydrogens (primary N) is 1. The lowest BCUT2D eigenvalue weighted by molar-refractivity contribution is 0.0527. The van der Waals surface area contributed by atoms with Gasteiger partial charge < -0.3 is 15.8 Å². The molecule has 1 rings (SSSR count). The Labute approximate surface area is 109 Å². The first kappa shape index (κ1) is 14.4. The van der Waals surface area contributed by atoms with E-state index in [-0.39, 0.29) is 12.0 Å². The Bertz CT molecular complexity index is 416. The summed E-state index contributed by atoms with van der Waals surface area (Å²) in [6.45, 7) is 8.43. The van der Waals surface area contributed by atoms with Gasteiger partial charge in [-0.25, -0.2) is 4.79 Å². The second-order valence-electron chi connectivity index (χ2n) is 4.67. The van der Waals surface area contributed by atoms with Crippen molar-refractivity contribution in [3.05, 3.63) is 23.8 Å². The topological polar surface area (TPSA) is 64.3 Å². The maximum atomic E-state index is 11.9. The summed E-state index contributed by atoms with van der Waals surface area (Å²) in [5.74, 6) is 0.0999. The Morgan fingerprint density at radius 2 is 2.06 bits per heavy atom. The van der Waals surface area contributed by atoms with Crippen molar-refractivity contribution in [1.29, 1.82) is 0 Å². The van der Waals surface area contributed by atoms with E-state index in [1.54, 1.807) is 25.1 Å². The number of benzene rings is 1. The van der Waals surface area contributed by atoms with Crippen molar-refractivity contribution in [2.24, 2.45) is 5.92 Å². The minimum Gasteiger partial charge on any atom is -0.462 e. The zero-order valence-corrected chi connectivity index (χ0v) is 11.5. The second kappa shape index (κ2) is 6.28. The van der Waals surface area contributed by atoms with Crippen molar-refractivity contribution in [2.75, 3.05) is 17.7 Å². The van der Waals surface area contributed by atoms with Gasteiger partial charge in [0.2, 0.25) is 0 Å². The van der Waals surface area contributed by atoms with Crippen molar-refractivity contribution in [3.8, 4) is 0 Å². The fraction of sp³-hybridized carbons (Fsp3) is 0.500. The van der Waals surface area contributed by atoms with Crippen LogP contribution < -0.4 is 11.1 Å². The van der Waals surface area contributed by atoms with Gasteiger partial charge in [-0.2, -0.15) is 0 Å². The van der Waals surface area contributed by atoms with Crippen molar-refractivity contribution in [2.45, 2.75) is 33.7 Å². The quantitative estimate of drug-likeness (QED) is 0.623. The van der Waals surface area contributed by atoms with Crippen molar-refractivity contribution in [3.63, 3.8) is 0 Å². The van der Waals surface area contributed by atoms with Crippen LogP contribution in [0, 0.1) is 5.92 Å². The number of ether oxygens (including phenoxy) is 1. The first-order valence-corrected chi connectivity index (χ1v) is 6.29. The van der Waals surface area contributed by atoms with Crippen molar-refractivity contribution >= 4 is 17.3 Å². The van der Waals surface area contributed by atoms with E-state index in [9.17, 15) is 4.79 Å². The first-order valence-electron chi connectivity index (χ1n) is 6.29. The molecule has 100 valence electrons. The minimum absolute atomic E-state index is 0.225. The Balaban J connectivity index is 3.04. The van der Waals surface area contributed by atoms with Crippen LogP contribution in [0.5, 0.6) is 0 Å². The summed E-state index contributed by atoms with van der Waals surface area (Å²) >= 11 is 0. The van der Waals surface area contributed by atoms with E-state index in [4.69, 9.17) is 10.5 Å². The van der Waals surface area contributed by atoms with E-state index in [0.717, 1.165) is 0 Å². The number of rotatable bonds is 5. The van der Waals surface area contributed by atoms with Crippen LogP contribution >= 0.6 is 0 Å². The van der Waals surface area contributed by atoms with E-state index in [2.05, 4.69) is 26.1 Å². The predicted octanol–water partition coefficient (Wildman–Crippen LogP) is 2.90. The number of hydrogen-bond acceptors (Lipinski definition) is 4. The molecule has 0 saturated heterocycles. The third-order valence-electron chi connectivity index (χ3n) is 2.96. The zero-order valence-electron chi connectivity index (χ0n) is 11.5. The highest BCUT2D eigenvalue weighted by molar-refractivity contribution is 5.98. The lowest BCUT2D eigenvalue weighted by Gasteiger charge is -2.21. The van der Waals surface area contributed by atoms with E-state index < -0.39 is 0 Å². The van der Waals surface area contributed by atoms with Crippen LogP contribution in [0.4, 0.5) is 11.4 Å². The molecule has 4 heteroatoms. The van der Waals surface area contributed by atoms with Crippen molar-refractivity contribution < 1.29 is 9.53 Å². The van der Waals surface area contributed by atoms with E-state index in [0.29, 0.717) is 29.5 Å². The molecule has 3 N–H and O–H groups in total. The Hall–Kier alpha value is -1.71. The van der Waals surface area contributed by atoms with Gasteiger partial charge in [0.1, 0.15) is 0 Å². The van der Waals surface area contributed by atoms with Gasteiger partial charge in [-0.3, -0.25) is 0 Å². The number of esters is 1. The third kappa shape index (κ3) is 3.39. The molecule has 0 bridgehead atoms. The fourth-order valence-electron chi connectivity index (χ4n) is 1.50. The van der Waals surface area contributed by atoms with Gasteiger partial charge in [0.05, 0.1) is 23.5 Å². The van der Waals surface area contributed by atoms with Crippen LogP contribution in [0.3, 0.4) is 0 Å². The zero-order chi connectivity index (χ0) is 13.7. The molecule has 0 aliphatic carbocycles. The molecular weight excluding hydrogens is 228 g/mol. The summed E-state index contributed by atoms with van der Waals surface area (Å²) < 4.78 is 5.03. The molecule has 18 heavy (non-hydrogen) atoms. The molecule has 0 aromatic heterocycles. The molecule has 0 aliphatic heterocycles. The highest BCUT2D eigenvalue weighted by atomic mass is 16.5. The standard InChI is InChI=1S/C14H22N2O2/c1-5-18-14(17)11-7-6-8-12(15)13(11)16-10(4)9(2)3/h6-10,16H,5,15H2,1-4H3. The number of carbonyl (C=O) groups is 1. The number of para-hydroxylation sites is 1. The summed E-state index contributed by atoms with van der Waals surface area (Å²) in [5.41, 5.74) is 7.65. The van der Waals surface area contributed by atoms with Crippen molar-refractivity contribution in [1.82, 2.24) is 0 Å². The molecule has 0 heterocycles. The lowest BCUT2D eigenvalue weighted by Crippen LogP contribution is -2.24. The second-order valence-corrected chi connectivity index (χ2v) is 4.67. The van der Waals surface area contributed by atoms with Crippen LogP contribution in [-0.4, -0.2) is 18.6 Å². The molecule has 0 aliphatic rings.